The summed E-state index contributed by atoms with van der Waals surface area (Å²) in [6, 6.07) is 6.58. The van der Waals surface area contributed by atoms with Crippen molar-refractivity contribution in [1.29, 1.82) is 0 Å². The highest BCUT2D eigenvalue weighted by Crippen LogP contribution is 2.24. The van der Waals surface area contributed by atoms with Crippen molar-refractivity contribution in [3.63, 3.8) is 0 Å². The summed E-state index contributed by atoms with van der Waals surface area (Å²) in [5.41, 5.74) is 5.18. The first-order valence-electron chi connectivity index (χ1n) is 5.46. The number of nitrogens with two attached hydrogens (primary N) is 1. The van der Waals surface area contributed by atoms with Gasteiger partial charge in [-0.05, 0) is 26.0 Å². The molecule has 2 rings (SSSR count). The molecule has 0 bridgehead atoms. The first kappa shape index (κ1) is 13.0. The molecule has 0 fully saturated rings. The highest BCUT2D eigenvalue weighted by Gasteiger charge is 2.22. The summed E-state index contributed by atoms with van der Waals surface area (Å²) in [5.74, 6) is 1.09. The SMILES string of the molecule is CC(C)(N)c1nc(CSc2ccccc2F)no1. The highest BCUT2D eigenvalue weighted by atomic mass is 32.2. The average Bonchev–Trinajstić information content (AvgIpc) is 2.76. The summed E-state index contributed by atoms with van der Waals surface area (Å²) in [6.07, 6.45) is 0. The number of hydrogen-bond acceptors (Lipinski definition) is 5. The smallest absolute Gasteiger partial charge is 0.246 e. The van der Waals surface area contributed by atoms with Crippen molar-refractivity contribution >= 4 is 11.8 Å². The zero-order chi connectivity index (χ0) is 13.2. The molecule has 18 heavy (non-hydrogen) atoms. The summed E-state index contributed by atoms with van der Waals surface area (Å²) < 4.78 is 18.4. The Bertz CT molecular complexity index is 536. The van der Waals surface area contributed by atoms with Gasteiger partial charge >= 0.3 is 0 Å². The lowest BCUT2D eigenvalue weighted by Gasteiger charge is -2.10. The molecule has 1 heterocycles. The molecule has 2 aromatic rings. The standard InChI is InChI=1S/C12H14FN3OS/c1-12(2,14)11-15-10(16-17-11)7-18-9-6-4-3-5-8(9)13/h3-6H,7,14H2,1-2H3. The van der Waals surface area contributed by atoms with Crippen LogP contribution in [0.1, 0.15) is 25.6 Å². The van der Waals surface area contributed by atoms with Crippen molar-refractivity contribution < 1.29 is 8.91 Å². The van der Waals surface area contributed by atoms with Crippen LogP contribution in [0.3, 0.4) is 0 Å². The highest BCUT2D eigenvalue weighted by molar-refractivity contribution is 7.98. The van der Waals surface area contributed by atoms with Gasteiger partial charge in [-0.25, -0.2) is 4.39 Å². The van der Waals surface area contributed by atoms with Crippen LogP contribution >= 0.6 is 11.8 Å². The Labute approximate surface area is 109 Å². The van der Waals surface area contributed by atoms with E-state index in [1.54, 1.807) is 32.0 Å². The van der Waals surface area contributed by atoms with Gasteiger partial charge in [0.1, 0.15) is 5.82 Å². The summed E-state index contributed by atoms with van der Waals surface area (Å²) in [6.45, 7) is 3.57. The van der Waals surface area contributed by atoms with E-state index >= 15 is 0 Å². The van der Waals surface area contributed by atoms with Gasteiger partial charge in [0, 0.05) is 4.90 Å². The van der Waals surface area contributed by atoms with Gasteiger partial charge in [0.15, 0.2) is 5.82 Å². The van der Waals surface area contributed by atoms with Gasteiger partial charge < -0.3 is 10.3 Å². The molecule has 1 aromatic carbocycles. The van der Waals surface area contributed by atoms with E-state index in [0.717, 1.165) is 0 Å². The number of hydrogen-bond donors (Lipinski definition) is 1. The molecule has 0 spiro atoms. The second-order valence-corrected chi connectivity index (χ2v) is 5.47. The molecule has 0 radical (unpaired) electrons. The Morgan fingerprint density at radius 3 is 2.72 bits per heavy atom. The van der Waals surface area contributed by atoms with Crippen LogP contribution in [0.4, 0.5) is 4.39 Å². The Balaban J connectivity index is 2.03. The number of nitrogens with zero attached hydrogens (tertiary/aromatic N) is 2. The monoisotopic (exact) mass is 267 g/mol. The fraction of sp³-hybridized carbons (Fsp3) is 0.333. The van der Waals surface area contributed by atoms with Crippen LogP contribution in [0.5, 0.6) is 0 Å². The number of rotatable bonds is 4. The largest absolute Gasteiger partial charge is 0.337 e. The zero-order valence-electron chi connectivity index (χ0n) is 10.2. The third-order valence-electron chi connectivity index (χ3n) is 2.21. The number of halogens is 1. The zero-order valence-corrected chi connectivity index (χ0v) is 11.0. The molecule has 0 amide bonds. The molecule has 0 aliphatic carbocycles. The van der Waals surface area contributed by atoms with E-state index in [2.05, 4.69) is 10.1 Å². The molecular weight excluding hydrogens is 253 g/mol. The topological polar surface area (TPSA) is 64.9 Å². The van der Waals surface area contributed by atoms with Gasteiger partial charge in [-0.2, -0.15) is 4.98 Å². The van der Waals surface area contributed by atoms with Crippen LogP contribution in [0.25, 0.3) is 0 Å². The predicted octanol–water partition coefficient (Wildman–Crippen LogP) is 2.69. The molecular formula is C12H14FN3OS. The van der Waals surface area contributed by atoms with Crippen molar-refractivity contribution in [1.82, 2.24) is 10.1 Å². The van der Waals surface area contributed by atoms with E-state index in [-0.39, 0.29) is 5.82 Å². The summed E-state index contributed by atoms with van der Waals surface area (Å²) in [7, 11) is 0. The lowest BCUT2D eigenvalue weighted by molar-refractivity contribution is 0.310. The molecule has 96 valence electrons. The number of thioether (sulfide) groups is 1. The first-order valence-corrected chi connectivity index (χ1v) is 6.44. The molecule has 4 nitrogen and oxygen atoms in total. The minimum atomic E-state index is -0.659. The molecule has 2 N–H and O–H groups in total. The lowest BCUT2D eigenvalue weighted by atomic mass is 10.1. The molecule has 1 aromatic heterocycles. The second-order valence-electron chi connectivity index (χ2n) is 4.46. The third-order valence-corrected chi connectivity index (χ3v) is 3.26. The average molecular weight is 267 g/mol. The van der Waals surface area contributed by atoms with Gasteiger partial charge in [0.2, 0.25) is 5.89 Å². The van der Waals surface area contributed by atoms with E-state index in [1.165, 1.54) is 17.8 Å². The van der Waals surface area contributed by atoms with Crippen molar-refractivity contribution in [3.05, 3.63) is 41.8 Å². The van der Waals surface area contributed by atoms with Crippen LogP contribution in [0.2, 0.25) is 0 Å². The third kappa shape index (κ3) is 3.08. The lowest BCUT2D eigenvalue weighted by Crippen LogP contribution is -2.29. The van der Waals surface area contributed by atoms with E-state index in [9.17, 15) is 4.39 Å². The van der Waals surface area contributed by atoms with E-state index in [1.807, 2.05) is 0 Å². The van der Waals surface area contributed by atoms with E-state index in [0.29, 0.717) is 22.4 Å². The van der Waals surface area contributed by atoms with Crippen LogP contribution in [0, 0.1) is 5.82 Å². The normalized spacial score (nSPS) is 11.8. The minimum Gasteiger partial charge on any atom is -0.337 e. The summed E-state index contributed by atoms with van der Waals surface area (Å²) >= 11 is 1.32. The molecule has 0 saturated carbocycles. The fourth-order valence-corrected chi connectivity index (χ4v) is 2.06. The molecule has 0 aliphatic rings. The maximum absolute atomic E-state index is 13.4. The van der Waals surface area contributed by atoms with Gasteiger partial charge in [-0.1, -0.05) is 17.3 Å². The maximum atomic E-state index is 13.4. The Hall–Kier alpha value is -1.40. The van der Waals surface area contributed by atoms with Crippen molar-refractivity contribution in [2.75, 3.05) is 0 Å². The van der Waals surface area contributed by atoms with Gasteiger partial charge in [-0.3, -0.25) is 0 Å². The number of benzene rings is 1. The maximum Gasteiger partial charge on any atom is 0.246 e. The van der Waals surface area contributed by atoms with Crippen molar-refractivity contribution in [2.45, 2.75) is 30.0 Å². The number of aromatic nitrogens is 2. The second kappa shape index (κ2) is 5.07. The first-order chi connectivity index (χ1) is 8.47. The Morgan fingerprint density at radius 2 is 2.11 bits per heavy atom. The molecule has 0 unspecified atom stereocenters. The van der Waals surface area contributed by atoms with E-state index < -0.39 is 5.54 Å². The van der Waals surface area contributed by atoms with Gasteiger partial charge in [0.05, 0.1) is 11.3 Å². The molecule has 6 heteroatoms. The van der Waals surface area contributed by atoms with Crippen molar-refractivity contribution in [3.8, 4) is 0 Å². The molecule has 0 atom stereocenters. The van der Waals surface area contributed by atoms with Crippen LogP contribution in [-0.2, 0) is 11.3 Å². The molecule has 0 aliphatic heterocycles. The Morgan fingerprint density at radius 1 is 1.39 bits per heavy atom. The minimum absolute atomic E-state index is 0.245. The Kier molecular flexibility index (Phi) is 3.68. The predicted molar refractivity (Wildman–Crippen MR) is 67.5 cm³/mol. The fourth-order valence-electron chi connectivity index (χ4n) is 1.28. The quantitative estimate of drug-likeness (QED) is 0.863. The molecule has 0 saturated heterocycles. The summed E-state index contributed by atoms with van der Waals surface area (Å²) in [5, 5.41) is 3.82. The van der Waals surface area contributed by atoms with Gasteiger partial charge in [0.25, 0.3) is 0 Å². The van der Waals surface area contributed by atoms with Crippen LogP contribution in [0.15, 0.2) is 33.7 Å². The van der Waals surface area contributed by atoms with Gasteiger partial charge in [-0.15, -0.1) is 11.8 Å². The van der Waals surface area contributed by atoms with E-state index in [4.69, 9.17) is 10.3 Å². The van der Waals surface area contributed by atoms with Crippen molar-refractivity contribution in [2.24, 2.45) is 5.73 Å². The summed E-state index contributed by atoms with van der Waals surface area (Å²) in [4.78, 5) is 4.75. The van der Waals surface area contributed by atoms with Crippen LogP contribution < -0.4 is 5.73 Å². The van der Waals surface area contributed by atoms with Crippen LogP contribution in [-0.4, -0.2) is 10.1 Å².